The fourth-order valence-electron chi connectivity index (χ4n) is 2.38. The van der Waals surface area contributed by atoms with Gasteiger partial charge in [-0.25, -0.2) is 9.80 Å². The summed E-state index contributed by atoms with van der Waals surface area (Å²) in [5.41, 5.74) is 4.98. The van der Waals surface area contributed by atoms with Crippen LogP contribution in [0.1, 0.15) is 5.56 Å². The molecule has 0 amide bonds. The number of hydrogen-bond donors (Lipinski definition) is 2. The Hall–Kier alpha value is -1.96. The second-order valence-corrected chi connectivity index (χ2v) is 5.53. The molecule has 1 aliphatic heterocycles. The molecule has 0 bridgehead atoms. The fraction of sp³-hybridized carbons (Fsp3) is 0.333. The van der Waals surface area contributed by atoms with E-state index in [1.807, 2.05) is 24.1 Å². The molecule has 0 saturated carbocycles. The quantitative estimate of drug-likeness (QED) is 0.644. The van der Waals surface area contributed by atoms with E-state index >= 15 is 0 Å². The average Bonchev–Trinajstić information content (AvgIpc) is 2.47. The predicted octanol–water partition coefficient (Wildman–Crippen LogP) is 1.64. The largest absolute Gasteiger partial charge is 0.423 e. The van der Waals surface area contributed by atoms with Crippen LogP contribution in [-0.2, 0) is 4.74 Å². The highest BCUT2D eigenvalue weighted by molar-refractivity contribution is 7.80. The molecule has 7 heteroatoms. The van der Waals surface area contributed by atoms with Gasteiger partial charge in [0.15, 0.2) is 5.11 Å². The Morgan fingerprint density at radius 3 is 2.82 bits per heavy atom. The van der Waals surface area contributed by atoms with E-state index in [4.69, 9.17) is 21.4 Å². The van der Waals surface area contributed by atoms with Gasteiger partial charge in [-0.15, -0.1) is 0 Å². The van der Waals surface area contributed by atoms with Crippen molar-refractivity contribution in [3.8, 4) is 0 Å². The van der Waals surface area contributed by atoms with E-state index < -0.39 is 0 Å². The summed E-state index contributed by atoms with van der Waals surface area (Å²) in [5, 5.41) is 6.51. The lowest BCUT2D eigenvalue weighted by atomic mass is 10.1. The van der Waals surface area contributed by atoms with Crippen LogP contribution in [0.25, 0.3) is 11.0 Å². The number of hydrazine groups is 1. The van der Waals surface area contributed by atoms with Crippen LogP contribution < -0.4 is 16.4 Å². The number of rotatable bonds is 2. The smallest absolute Gasteiger partial charge is 0.336 e. The number of ether oxygens (including phenoxy) is 1. The second kappa shape index (κ2) is 6.43. The Morgan fingerprint density at radius 2 is 2.05 bits per heavy atom. The van der Waals surface area contributed by atoms with Gasteiger partial charge < -0.3 is 14.5 Å². The van der Waals surface area contributed by atoms with Crippen LogP contribution >= 0.6 is 12.2 Å². The summed E-state index contributed by atoms with van der Waals surface area (Å²) in [5.74, 6) is 0. The van der Waals surface area contributed by atoms with Crippen LogP contribution in [-0.4, -0.2) is 36.4 Å². The molecular weight excluding hydrogens is 302 g/mol. The molecule has 1 aromatic carbocycles. The summed E-state index contributed by atoms with van der Waals surface area (Å²) in [6, 6.07) is 7.08. The first-order valence-corrected chi connectivity index (χ1v) is 7.47. The predicted molar refractivity (Wildman–Crippen MR) is 89.0 cm³/mol. The summed E-state index contributed by atoms with van der Waals surface area (Å²) in [6.45, 7) is 4.84. The Bertz CT molecular complexity index is 753. The molecule has 0 atom stereocenters. The third-order valence-corrected chi connectivity index (χ3v) is 3.67. The molecule has 0 unspecified atom stereocenters. The Morgan fingerprint density at radius 1 is 1.27 bits per heavy atom. The first kappa shape index (κ1) is 15.0. The van der Waals surface area contributed by atoms with Crippen LogP contribution in [0.3, 0.4) is 0 Å². The van der Waals surface area contributed by atoms with Gasteiger partial charge in [-0.3, -0.25) is 5.43 Å². The number of thiocarbonyl (C=S) groups is 1. The van der Waals surface area contributed by atoms with Crippen molar-refractivity contribution in [2.24, 2.45) is 0 Å². The van der Waals surface area contributed by atoms with Crippen molar-refractivity contribution in [1.82, 2.24) is 10.4 Å². The number of anilines is 1. The normalized spacial score (nSPS) is 15.7. The van der Waals surface area contributed by atoms with Gasteiger partial charge in [0, 0.05) is 36.3 Å². The molecular formula is C15H17N3O3S. The van der Waals surface area contributed by atoms with Crippen molar-refractivity contribution in [3.63, 3.8) is 0 Å². The lowest BCUT2D eigenvalue weighted by Crippen LogP contribution is -2.49. The van der Waals surface area contributed by atoms with Gasteiger partial charge in [-0.1, -0.05) is 0 Å². The molecule has 2 heterocycles. The van der Waals surface area contributed by atoms with E-state index in [-0.39, 0.29) is 5.63 Å². The Kier molecular flexibility index (Phi) is 4.37. The molecule has 1 aliphatic rings. The topological polar surface area (TPSA) is 66.7 Å². The van der Waals surface area contributed by atoms with Gasteiger partial charge in [0.25, 0.3) is 0 Å². The van der Waals surface area contributed by atoms with Crippen molar-refractivity contribution in [1.29, 1.82) is 0 Å². The van der Waals surface area contributed by atoms with Crippen LogP contribution in [0.4, 0.5) is 5.69 Å². The van der Waals surface area contributed by atoms with E-state index in [2.05, 4.69) is 10.7 Å². The first-order valence-electron chi connectivity index (χ1n) is 7.07. The highest BCUT2D eigenvalue weighted by Gasteiger charge is 2.11. The first-order chi connectivity index (χ1) is 10.6. The van der Waals surface area contributed by atoms with Crippen LogP contribution in [0.15, 0.2) is 33.5 Å². The third-order valence-electron chi connectivity index (χ3n) is 3.48. The van der Waals surface area contributed by atoms with Crippen molar-refractivity contribution >= 4 is 34.0 Å². The number of fused-ring (bicyclic) bond motifs is 1. The van der Waals surface area contributed by atoms with Crippen molar-refractivity contribution < 1.29 is 9.15 Å². The number of hydrogen-bond acceptors (Lipinski definition) is 5. The number of morpholine rings is 1. The molecule has 2 aromatic rings. The maximum absolute atomic E-state index is 11.5. The lowest BCUT2D eigenvalue weighted by Gasteiger charge is -2.28. The van der Waals surface area contributed by atoms with Gasteiger partial charge in [0.05, 0.1) is 13.2 Å². The lowest BCUT2D eigenvalue weighted by molar-refractivity contribution is 0.0252. The summed E-state index contributed by atoms with van der Waals surface area (Å²) < 4.78 is 10.5. The molecule has 2 N–H and O–H groups in total. The Balaban J connectivity index is 1.73. The molecule has 6 nitrogen and oxygen atoms in total. The maximum atomic E-state index is 11.5. The highest BCUT2D eigenvalue weighted by atomic mass is 32.1. The standard InChI is InChI=1S/C15H17N3O3S/c1-10-8-14(19)21-13-9-11(2-3-12(10)13)16-15(22)17-18-4-6-20-7-5-18/h2-3,8-9H,4-7H2,1H3,(H2,16,17,22). The monoisotopic (exact) mass is 319 g/mol. The zero-order valence-corrected chi connectivity index (χ0v) is 13.0. The van der Waals surface area contributed by atoms with E-state index in [9.17, 15) is 4.79 Å². The van der Waals surface area contributed by atoms with Gasteiger partial charge in [-0.2, -0.15) is 0 Å². The molecule has 1 fully saturated rings. The molecule has 0 aliphatic carbocycles. The van der Waals surface area contributed by atoms with E-state index in [1.54, 1.807) is 6.07 Å². The van der Waals surface area contributed by atoms with Gasteiger partial charge in [0.1, 0.15) is 5.58 Å². The van der Waals surface area contributed by atoms with E-state index in [1.165, 1.54) is 6.07 Å². The average molecular weight is 319 g/mol. The van der Waals surface area contributed by atoms with Crippen LogP contribution in [0, 0.1) is 6.92 Å². The number of nitrogens with zero attached hydrogens (tertiary/aromatic N) is 1. The Labute approximate surface area is 133 Å². The maximum Gasteiger partial charge on any atom is 0.336 e. The van der Waals surface area contributed by atoms with Gasteiger partial charge in [0.2, 0.25) is 0 Å². The van der Waals surface area contributed by atoms with Crippen LogP contribution in [0.2, 0.25) is 0 Å². The summed E-state index contributed by atoms with van der Waals surface area (Å²) in [6.07, 6.45) is 0. The van der Waals surface area contributed by atoms with E-state index in [0.717, 1.165) is 29.7 Å². The number of nitrogens with one attached hydrogen (secondary N) is 2. The fourth-order valence-corrected chi connectivity index (χ4v) is 2.63. The van der Waals surface area contributed by atoms with E-state index in [0.29, 0.717) is 23.9 Å². The van der Waals surface area contributed by atoms with Gasteiger partial charge >= 0.3 is 5.63 Å². The minimum atomic E-state index is -0.351. The molecule has 116 valence electrons. The molecule has 0 spiro atoms. The summed E-state index contributed by atoms with van der Waals surface area (Å²) in [4.78, 5) is 11.5. The summed E-state index contributed by atoms with van der Waals surface area (Å²) >= 11 is 5.29. The minimum absolute atomic E-state index is 0.351. The van der Waals surface area contributed by atoms with Gasteiger partial charge in [-0.05, 0) is 36.8 Å². The van der Waals surface area contributed by atoms with Crippen molar-refractivity contribution in [2.75, 3.05) is 31.6 Å². The molecule has 1 aromatic heterocycles. The third kappa shape index (κ3) is 3.44. The zero-order chi connectivity index (χ0) is 15.5. The molecule has 0 radical (unpaired) electrons. The number of benzene rings is 1. The molecule has 1 saturated heterocycles. The summed E-state index contributed by atoms with van der Waals surface area (Å²) in [7, 11) is 0. The van der Waals surface area contributed by atoms with Crippen molar-refractivity contribution in [2.45, 2.75) is 6.92 Å². The number of aryl methyl sites for hydroxylation is 1. The SMILES string of the molecule is Cc1cc(=O)oc2cc(NC(=S)NN3CCOCC3)ccc12. The second-order valence-electron chi connectivity index (χ2n) is 5.12. The zero-order valence-electron chi connectivity index (χ0n) is 12.2. The molecule has 22 heavy (non-hydrogen) atoms. The van der Waals surface area contributed by atoms with Crippen molar-refractivity contribution in [3.05, 3.63) is 40.2 Å². The highest BCUT2D eigenvalue weighted by Crippen LogP contribution is 2.20. The molecule has 3 rings (SSSR count). The van der Waals surface area contributed by atoms with Crippen LogP contribution in [0.5, 0.6) is 0 Å². The minimum Gasteiger partial charge on any atom is -0.423 e.